The molecule has 0 aliphatic carbocycles. The normalized spacial score (nSPS) is 10.8. The minimum atomic E-state index is -1.29. The van der Waals surface area contributed by atoms with E-state index in [1.165, 1.54) is 6.20 Å². The Morgan fingerprint density at radius 3 is 2.54 bits per heavy atom. The monoisotopic (exact) mass is 385 g/mol. The fourth-order valence-corrected chi connectivity index (χ4v) is 2.45. The van der Waals surface area contributed by atoms with E-state index in [4.69, 9.17) is 4.74 Å². The smallest absolute Gasteiger partial charge is 0.408 e. The molecule has 1 aromatic carbocycles. The molecule has 0 bridgehead atoms. The molecular weight excluding hydrogens is 362 g/mol. The first kappa shape index (κ1) is 20.8. The van der Waals surface area contributed by atoms with Crippen LogP contribution < -0.4 is 15.8 Å². The number of carboxylic acids is 1. The highest BCUT2D eigenvalue weighted by molar-refractivity contribution is 5.93. The van der Waals surface area contributed by atoms with Gasteiger partial charge in [0, 0.05) is 31.2 Å². The van der Waals surface area contributed by atoms with Gasteiger partial charge in [-0.1, -0.05) is 11.8 Å². The minimum absolute atomic E-state index is 0.0735. The first-order chi connectivity index (χ1) is 13.0. The van der Waals surface area contributed by atoms with E-state index in [1.54, 1.807) is 62.8 Å². The third-order valence-electron chi connectivity index (χ3n) is 3.60. The van der Waals surface area contributed by atoms with E-state index >= 15 is 0 Å². The second kappa shape index (κ2) is 8.05. The van der Waals surface area contributed by atoms with Gasteiger partial charge in [-0.05, 0) is 39.0 Å². The third-order valence-corrected chi connectivity index (χ3v) is 3.60. The predicted octanol–water partition coefficient (Wildman–Crippen LogP) is 1.77. The Bertz CT molecular complexity index is 1040. The molecule has 28 heavy (non-hydrogen) atoms. The van der Waals surface area contributed by atoms with Gasteiger partial charge in [-0.25, -0.2) is 9.59 Å². The zero-order valence-electron chi connectivity index (χ0n) is 16.5. The van der Waals surface area contributed by atoms with Crippen LogP contribution in [0.1, 0.15) is 36.7 Å². The zero-order valence-corrected chi connectivity index (χ0v) is 16.5. The van der Waals surface area contributed by atoms with Crippen molar-refractivity contribution in [1.82, 2.24) is 9.99 Å². The van der Waals surface area contributed by atoms with Gasteiger partial charge < -0.3 is 20.2 Å². The summed E-state index contributed by atoms with van der Waals surface area (Å²) in [6, 6.07) is 4.97. The number of benzene rings is 1. The molecule has 1 heterocycles. The van der Waals surface area contributed by atoms with E-state index < -0.39 is 23.1 Å². The Balaban J connectivity index is 2.32. The fraction of sp³-hybridized carbons (Fsp3) is 0.350. The summed E-state index contributed by atoms with van der Waals surface area (Å²) in [7, 11) is 3.48. The molecule has 2 rings (SSSR count). The van der Waals surface area contributed by atoms with Gasteiger partial charge in [-0.2, -0.15) is 0 Å². The maximum Gasteiger partial charge on any atom is 0.408 e. The number of carboxylic acid groups (broad SMARTS) is 1. The van der Waals surface area contributed by atoms with Crippen LogP contribution in [0.3, 0.4) is 0 Å². The van der Waals surface area contributed by atoms with Gasteiger partial charge in [-0.15, -0.1) is 0 Å². The molecule has 0 fully saturated rings. The van der Waals surface area contributed by atoms with Crippen LogP contribution in [-0.4, -0.2) is 48.1 Å². The van der Waals surface area contributed by atoms with Crippen LogP contribution in [-0.2, 0) is 4.74 Å². The average molecular weight is 385 g/mol. The van der Waals surface area contributed by atoms with Gasteiger partial charge in [-0.3, -0.25) is 9.47 Å². The van der Waals surface area contributed by atoms with Gasteiger partial charge >= 0.3 is 12.1 Å². The van der Waals surface area contributed by atoms with E-state index in [0.29, 0.717) is 11.1 Å². The van der Waals surface area contributed by atoms with Gasteiger partial charge in [0.15, 0.2) is 0 Å². The number of hydrogen-bond acceptors (Lipinski definition) is 5. The summed E-state index contributed by atoms with van der Waals surface area (Å²) in [4.78, 5) is 35.5. The lowest BCUT2D eigenvalue weighted by Gasteiger charge is -2.20. The largest absolute Gasteiger partial charge is 0.477 e. The first-order valence-electron chi connectivity index (χ1n) is 8.55. The molecule has 2 N–H and O–H groups in total. The number of nitrogens with zero attached hydrogens (tertiary/aromatic N) is 2. The molecule has 1 amide bonds. The molecule has 1 aromatic heterocycles. The number of carbonyl (C=O) groups excluding carboxylic acids is 1. The van der Waals surface area contributed by atoms with Crippen LogP contribution in [0.15, 0.2) is 29.2 Å². The number of aromatic carboxylic acids is 1. The van der Waals surface area contributed by atoms with E-state index in [9.17, 15) is 19.5 Å². The van der Waals surface area contributed by atoms with Crippen molar-refractivity contribution < 1.29 is 19.4 Å². The topological polar surface area (TPSA) is 101 Å². The number of amides is 1. The minimum Gasteiger partial charge on any atom is -0.477 e. The number of ether oxygens (including phenoxy) is 1. The summed E-state index contributed by atoms with van der Waals surface area (Å²) < 4.78 is 6.70. The number of hydrogen-bond donors (Lipinski definition) is 2. The lowest BCUT2D eigenvalue weighted by Crippen LogP contribution is -2.32. The molecule has 148 valence electrons. The molecule has 8 heteroatoms. The van der Waals surface area contributed by atoms with E-state index in [0.717, 1.165) is 0 Å². The quantitative estimate of drug-likeness (QED) is 0.781. The fourth-order valence-electron chi connectivity index (χ4n) is 2.45. The predicted molar refractivity (Wildman–Crippen MR) is 106 cm³/mol. The molecule has 0 radical (unpaired) electrons. The number of alkyl carbamates (subject to hydrolysis) is 1. The lowest BCUT2D eigenvalue weighted by molar-refractivity contribution is 0.0534. The van der Waals surface area contributed by atoms with Crippen molar-refractivity contribution in [3.8, 4) is 11.8 Å². The van der Waals surface area contributed by atoms with Crippen molar-refractivity contribution in [3.05, 3.63) is 45.7 Å². The Hall–Kier alpha value is -3.47. The highest BCUT2D eigenvalue weighted by atomic mass is 16.6. The number of fused-ring (bicyclic) bond motifs is 1. The third kappa shape index (κ3) is 5.04. The van der Waals surface area contributed by atoms with Crippen molar-refractivity contribution in [2.24, 2.45) is 0 Å². The Labute approximate surface area is 162 Å². The number of pyridine rings is 1. The van der Waals surface area contributed by atoms with Crippen molar-refractivity contribution >= 4 is 23.0 Å². The van der Waals surface area contributed by atoms with Crippen LogP contribution in [0, 0.1) is 11.8 Å². The van der Waals surface area contributed by atoms with Crippen molar-refractivity contribution in [1.29, 1.82) is 0 Å². The summed E-state index contributed by atoms with van der Waals surface area (Å²) in [5, 5.41) is 13.7. The van der Waals surface area contributed by atoms with Crippen LogP contribution in [0.4, 0.5) is 4.79 Å². The number of aromatic nitrogens is 1. The maximum absolute atomic E-state index is 12.5. The Morgan fingerprint density at radius 2 is 1.96 bits per heavy atom. The summed E-state index contributed by atoms with van der Waals surface area (Å²) in [5.74, 6) is 4.34. The van der Waals surface area contributed by atoms with Gasteiger partial charge in [0.05, 0.1) is 12.1 Å². The molecule has 0 saturated heterocycles. The molecule has 0 spiro atoms. The molecule has 0 aliphatic heterocycles. The Kier molecular flexibility index (Phi) is 5.99. The summed E-state index contributed by atoms with van der Waals surface area (Å²) in [6.45, 7) is 5.36. The summed E-state index contributed by atoms with van der Waals surface area (Å²) in [6.07, 6.45) is 0.726. The van der Waals surface area contributed by atoms with E-state index in [-0.39, 0.29) is 17.5 Å². The van der Waals surface area contributed by atoms with Gasteiger partial charge in [0.2, 0.25) is 5.43 Å². The van der Waals surface area contributed by atoms with Crippen LogP contribution >= 0.6 is 0 Å². The highest BCUT2D eigenvalue weighted by Crippen LogP contribution is 2.14. The second-order valence-corrected chi connectivity index (χ2v) is 7.26. The average Bonchev–Trinajstić information content (AvgIpc) is 2.57. The second-order valence-electron chi connectivity index (χ2n) is 7.26. The van der Waals surface area contributed by atoms with Gasteiger partial charge in [0.25, 0.3) is 0 Å². The van der Waals surface area contributed by atoms with E-state index in [2.05, 4.69) is 17.2 Å². The van der Waals surface area contributed by atoms with Crippen molar-refractivity contribution in [2.75, 3.05) is 25.6 Å². The molecule has 0 atom stereocenters. The van der Waals surface area contributed by atoms with Crippen molar-refractivity contribution in [3.63, 3.8) is 0 Å². The highest BCUT2D eigenvalue weighted by Gasteiger charge is 2.16. The standard InChI is InChI=1S/C20H23N3O5/c1-20(2,3)28-19(27)21-10-6-7-13-8-9-16-14(11-13)17(24)15(18(25)26)12-23(16)22(4)5/h8-9,11-12H,10H2,1-5H3,(H,21,27)(H,25,26). The molecular formula is C20H23N3O5. The van der Waals surface area contributed by atoms with Crippen LogP contribution in [0.25, 0.3) is 10.9 Å². The van der Waals surface area contributed by atoms with Crippen LogP contribution in [0.5, 0.6) is 0 Å². The number of rotatable bonds is 3. The summed E-state index contributed by atoms with van der Waals surface area (Å²) >= 11 is 0. The van der Waals surface area contributed by atoms with Gasteiger partial charge in [0.1, 0.15) is 11.2 Å². The number of nitrogens with one attached hydrogen (secondary N) is 1. The molecule has 0 aliphatic rings. The van der Waals surface area contributed by atoms with Crippen LogP contribution in [0.2, 0.25) is 0 Å². The maximum atomic E-state index is 12.5. The molecule has 8 nitrogen and oxygen atoms in total. The summed E-state index contributed by atoms with van der Waals surface area (Å²) in [5.41, 5.74) is -0.390. The Morgan fingerprint density at radius 1 is 1.29 bits per heavy atom. The number of carbonyl (C=O) groups is 2. The first-order valence-corrected chi connectivity index (χ1v) is 8.55. The lowest BCUT2D eigenvalue weighted by atomic mass is 10.1. The molecule has 2 aromatic rings. The molecule has 0 saturated carbocycles. The van der Waals surface area contributed by atoms with Crippen molar-refractivity contribution in [2.45, 2.75) is 26.4 Å². The SMILES string of the molecule is CN(C)n1cc(C(=O)O)c(=O)c2cc(C#CCNC(=O)OC(C)(C)C)ccc21. The zero-order chi connectivity index (χ0) is 21.1. The van der Waals surface area contributed by atoms with E-state index in [1.807, 2.05) is 0 Å². The molecule has 0 unspecified atom stereocenters.